The normalized spacial score (nSPS) is 15.9. The van der Waals surface area contributed by atoms with Gasteiger partial charge in [-0.1, -0.05) is 6.92 Å². The predicted octanol–water partition coefficient (Wildman–Crippen LogP) is 4.79. The molecule has 2 aromatic rings. The highest BCUT2D eigenvalue weighted by atomic mass is 32.2. The quantitative estimate of drug-likeness (QED) is 0.489. The minimum atomic E-state index is -4.43. The maximum atomic E-state index is 13.1. The third-order valence-corrected chi connectivity index (χ3v) is 5.64. The van der Waals surface area contributed by atoms with Crippen LogP contribution in [-0.4, -0.2) is 38.8 Å². The number of nitrogens with zero attached hydrogens (tertiary/aromatic N) is 3. The molecule has 1 aliphatic rings. The van der Waals surface area contributed by atoms with Gasteiger partial charge in [-0.25, -0.2) is 14.7 Å². The van der Waals surface area contributed by atoms with E-state index in [1.165, 1.54) is 35.4 Å². The van der Waals surface area contributed by atoms with Crippen LogP contribution in [0.1, 0.15) is 32.8 Å². The number of imide groups is 1. The second kappa shape index (κ2) is 8.81. The number of carbonyl (C=O) groups excluding carboxylic acids is 3. The number of pyridine rings is 1. The monoisotopic (exact) mass is 466 g/mol. The largest absolute Gasteiger partial charge is 0.446 e. The topological polar surface area (TPSA) is 82.6 Å². The van der Waals surface area contributed by atoms with Crippen LogP contribution < -0.4 is 10.2 Å². The van der Waals surface area contributed by atoms with Crippen molar-refractivity contribution in [1.82, 2.24) is 9.88 Å². The molecule has 11 heteroatoms. The summed E-state index contributed by atoms with van der Waals surface area (Å²) in [5.74, 6) is -0.368. The van der Waals surface area contributed by atoms with E-state index in [1.807, 2.05) is 0 Å². The summed E-state index contributed by atoms with van der Waals surface area (Å²) < 4.78 is 37.7. The summed E-state index contributed by atoms with van der Waals surface area (Å²) in [4.78, 5) is 44.1. The standard InChI is InChI=1S/C21H21F3N4O3S/c1-4-17(29)26-16-11-13(9-10-25-16)12-27-19(31)28(18(30)20(27,2)3)14-5-7-15(8-6-14)32-21(22,23)24/h5-11H,4,12H2,1-3H3,(H,25,26,29). The Morgan fingerprint density at radius 3 is 2.41 bits per heavy atom. The molecule has 4 amide bonds. The Labute approximate surface area is 187 Å². The Bertz CT molecular complexity index is 1040. The Morgan fingerprint density at radius 1 is 1.16 bits per heavy atom. The number of hydrogen-bond acceptors (Lipinski definition) is 5. The van der Waals surface area contributed by atoms with Gasteiger partial charge in [0.15, 0.2) is 0 Å². The second-order valence-corrected chi connectivity index (χ2v) is 8.70. The van der Waals surface area contributed by atoms with E-state index in [-0.39, 0.29) is 41.2 Å². The number of aromatic nitrogens is 1. The molecule has 1 N–H and O–H groups in total. The molecule has 0 spiro atoms. The Balaban J connectivity index is 1.83. The average molecular weight is 466 g/mol. The summed E-state index contributed by atoms with van der Waals surface area (Å²) in [5, 5.41) is 2.64. The van der Waals surface area contributed by atoms with Crippen molar-refractivity contribution in [3.63, 3.8) is 0 Å². The zero-order valence-corrected chi connectivity index (χ0v) is 18.4. The van der Waals surface area contributed by atoms with Crippen molar-refractivity contribution in [2.45, 2.75) is 49.7 Å². The molecule has 0 saturated carbocycles. The maximum absolute atomic E-state index is 13.1. The number of nitrogens with one attached hydrogen (secondary N) is 1. The van der Waals surface area contributed by atoms with Crippen LogP contribution in [0, 0.1) is 0 Å². The lowest BCUT2D eigenvalue weighted by molar-refractivity contribution is -0.123. The van der Waals surface area contributed by atoms with E-state index >= 15 is 0 Å². The maximum Gasteiger partial charge on any atom is 0.446 e. The molecular formula is C21H21F3N4O3S. The van der Waals surface area contributed by atoms with Gasteiger partial charge in [0, 0.05) is 24.1 Å². The van der Waals surface area contributed by atoms with Gasteiger partial charge in [-0.3, -0.25) is 9.59 Å². The first kappa shape index (κ1) is 23.6. The number of halogens is 3. The number of benzene rings is 1. The summed E-state index contributed by atoms with van der Waals surface area (Å²) >= 11 is -0.272. The van der Waals surface area contributed by atoms with Crippen LogP contribution in [0.4, 0.5) is 29.5 Å². The number of amides is 4. The SMILES string of the molecule is CCC(=O)Nc1cc(CN2C(=O)N(c3ccc(SC(F)(F)F)cc3)C(=O)C2(C)C)ccn1. The third-order valence-electron chi connectivity index (χ3n) is 4.91. The van der Waals surface area contributed by atoms with Gasteiger partial charge < -0.3 is 10.2 Å². The smallest absolute Gasteiger partial charge is 0.311 e. The van der Waals surface area contributed by atoms with Crippen LogP contribution in [0.5, 0.6) is 0 Å². The molecule has 0 atom stereocenters. The predicted molar refractivity (Wildman–Crippen MR) is 114 cm³/mol. The van der Waals surface area contributed by atoms with Crippen molar-refractivity contribution in [2.24, 2.45) is 0 Å². The second-order valence-electron chi connectivity index (χ2n) is 7.56. The first-order valence-corrected chi connectivity index (χ1v) is 10.5. The van der Waals surface area contributed by atoms with Gasteiger partial charge in [0.25, 0.3) is 5.91 Å². The third kappa shape index (κ3) is 5.04. The molecule has 170 valence electrons. The fraction of sp³-hybridized carbons (Fsp3) is 0.333. The number of hydrogen-bond donors (Lipinski definition) is 1. The van der Waals surface area contributed by atoms with Gasteiger partial charge in [0.05, 0.1) is 5.69 Å². The molecular weight excluding hydrogens is 445 g/mol. The Morgan fingerprint density at radius 2 is 1.81 bits per heavy atom. The lowest BCUT2D eigenvalue weighted by Crippen LogP contribution is -2.43. The Kier molecular flexibility index (Phi) is 6.49. The molecule has 0 aliphatic carbocycles. The lowest BCUT2D eigenvalue weighted by atomic mass is 10.0. The first-order valence-electron chi connectivity index (χ1n) is 9.69. The van der Waals surface area contributed by atoms with Crippen LogP contribution in [0.3, 0.4) is 0 Å². The number of anilines is 2. The minimum Gasteiger partial charge on any atom is -0.311 e. The average Bonchev–Trinajstić information content (AvgIpc) is 2.87. The number of rotatable bonds is 6. The fourth-order valence-electron chi connectivity index (χ4n) is 3.18. The summed E-state index contributed by atoms with van der Waals surface area (Å²) in [5.41, 5.74) is -4.78. The number of urea groups is 1. The lowest BCUT2D eigenvalue weighted by Gasteiger charge is -2.27. The van der Waals surface area contributed by atoms with Gasteiger partial charge in [-0.2, -0.15) is 13.2 Å². The highest BCUT2D eigenvalue weighted by Crippen LogP contribution is 2.38. The first-order chi connectivity index (χ1) is 14.9. The molecule has 3 rings (SSSR count). The van der Waals surface area contributed by atoms with Crippen LogP contribution in [0.25, 0.3) is 0 Å². The van der Waals surface area contributed by atoms with Crippen molar-refractivity contribution in [1.29, 1.82) is 0 Å². The van der Waals surface area contributed by atoms with E-state index in [1.54, 1.807) is 32.9 Å². The number of thioether (sulfide) groups is 1. The van der Waals surface area contributed by atoms with Gasteiger partial charge in [-0.15, -0.1) is 0 Å². The van der Waals surface area contributed by atoms with Crippen molar-refractivity contribution in [3.05, 3.63) is 48.2 Å². The van der Waals surface area contributed by atoms with Crippen molar-refractivity contribution < 1.29 is 27.6 Å². The van der Waals surface area contributed by atoms with Crippen LogP contribution >= 0.6 is 11.8 Å². The van der Waals surface area contributed by atoms with Crippen molar-refractivity contribution >= 4 is 41.1 Å². The summed E-state index contributed by atoms with van der Waals surface area (Å²) in [6, 6.07) is 7.76. The van der Waals surface area contributed by atoms with Crippen LogP contribution in [0.15, 0.2) is 47.5 Å². The van der Waals surface area contributed by atoms with Crippen LogP contribution in [0.2, 0.25) is 0 Å². The summed E-state index contributed by atoms with van der Waals surface area (Å²) in [6.07, 6.45) is 1.78. The van der Waals surface area contributed by atoms with Gasteiger partial charge in [0.2, 0.25) is 5.91 Å². The molecule has 32 heavy (non-hydrogen) atoms. The number of alkyl halides is 3. The molecule has 0 radical (unpaired) electrons. The molecule has 0 unspecified atom stereocenters. The summed E-state index contributed by atoms with van der Waals surface area (Å²) in [6.45, 7) is 4.98. The summed E-state index contributed by atoms with van der Waals surface area (Å²) in [7, 11) is 0. The molecule has 1 saturated heterocycles. The minimum absolute atomic E-state index is 0.0464. The van der Waals surface area contributed by atoms with Gasteiger partial charge in [-0.05, 0) is 67.6 Å². The molecule has 1 aliphatic heterocycles. The molecule has 2 heterocycles. The molecule has 0 bridgehead atoms. The molecule has 1 aromatic carbocycles. The Hall–Kier alpha value is -3.08. The van der Waals surface area contributed by atoms with E-state index in [2.05, 4.69) is 10.3 Å². The van der Waals surface area contributed by atoms with Crippen LogP contribution in [-0.2, 0) is 16.1 Å². The fourth-order valence-corrected chi connectivity index (χ4v) is 3.72. The highest BCUT2D eigenvalue weighted by molar-refractivity contribution is 8.00. The van der Waals surface area contributed by atoms with E-state index < -0.39 is 23.0 Å². The van der Waals surface area contributed by atoms with E-state index in [0.29, 0.717) is 11.4 Å². The van der Waals surface area contributed by atoms with Crippen molar-refractivity contribution in [3.8, 4) is 0 Å². The zero-order valence-electron chi connectivity index (χ0n) is 17.6. The van der Waals surface area contributed by atoms with Crippen molar-refractivity contribution in [2.75, 3.05) is 10.2 Å². The molecule has 1 aromatic heterocycles. The zero-order chi connectivity index (χ0) is 23.7. The number of carbonyl (C=O) groups is 3. The van der Waals surface area contributed by atoms with E-state index in [9.17, 15) is 27.6 Å². The molecule has 1 fully saturated rings. The molecule has 7 nitrogen and oxygen atoms in total. The highest BCUT2D eigenvalue weighted by Gasteiger charge is 2.51. The van der Waals surface area contributed by atoms with Gasteiger partial charge >= 0.3 is 11.5 Å². The van der Waals surface area contributed by atoms with E-state index in [0.717, 1.165) is 4.90 Å². The van der Waals surface area contributed by atoms with E-state index in [4.69, 9.17) is 0 Å². The van der Waals surface area contributed by atoms with Gasteiger partial charge in [0.1, 0.15) is 11.4 Å².